The topological polar surface area (TPSA) is 251 Å². The van der Waals surface area contributed by atoms with Crippen LogP contribution in [-0.2, 0) is 23.1 Å². The molecule has 0 spiro atoms. The first-order chi connectivity index (χ1) is 16.0. The minimum absolute atomic E-state index is 0.269. The van der Waals surface area contributed by atoms with Crippen LogP contribution in [0.25, 0.3) is 11.0 Å². The van der Waals surface area contributed by atoms with E-state index in [0.29, 0.717) is 4.68 Å². The first kappa shape index (κ1) is 25.8. The number of hydrogen-bond acceptors (Lipinski definition) is 14. The first-order valence-electron chi connectivity index (χ1n) is 9.78. The fraction of sp³-hybridized carbons (Fsp3) is 0.667. The summed E-state index contributed by atoms with van der Waals surface area (Å²) in [4.78, 5) is 35.8. The quantitative estimate of drug-likeness (QED) is 0.159. The highest BCUT2D eigenvalue weighted by Gasteiger charge is 2.49. The second-order valence-electron chi connectivity index (χ2n) is 6.88. The van der Waals surface area contributed by atoms with Crippen molar-refractivity contribution in [3.05, 3.63) is 20.5 Å². The molecule has 188 valence electrons. The highest BCUT2D eigenvalue weighted by atomic mass is 31.2. The lowest BCUT2D eigenvalue weighted by atomic mass is 10.1. The van der Waals surface area contributed by atoms with Crippen LogP contribution in [0.5, 0.6) is 0 Å². The second-order valence-corrected chi connectivity index (χ2v) is 8.96. The molecule has 0 aliphatic carbocycles. The predicted octanol–water partition coefficient (Wildman–Crippen LogP) is -1.64. The van der Waals surface area contributed by atoms with Crippen LogP contribution in [0.15, 0.2) is 4.79 Å². The maximum atomic E-state index is 13.3. The van der Waals surface area contributed by atoms with Crippen molar-refractivity contribution in [2.45, 2.75) is 44.2 Å². The van der Waals surface area contributed by atoms with Gasteiger partial charge < -0.3 is 44.3 Å². The Balaban J connectivity index is 2.31. The van der Waals surface area contributed by atoms with Gasteiger partial charge in [-0.2, -0.15) is 4.68 Å². The van der Waals surface area contributed by atoms with Gasteiger partial charge in [-0.05, 0) is 18.8 Å². The number of rotatable bonds is 10. The number of aromatic nitrogens is 5. The molecule has 1 aliphatic heterocycles. The molecular weight excluding hydrogens is 487 g/mol. The molecule has 1 fully saturated rings. The smallest absolute Gasteiger partial charge is 0.418 e. The Morgan fingerprint density at radius 2 is 1.91 bits per heavy atom. The van der Waals surface area contributed by atoms with Crippen LogP contribution in [0.4, 0.5) is 5.82 Å². The van der Waals surface area contributed by atoms with Gasteiger partial charge in [0.1, 0.15) is 18.3 Å². The number of hydrogen-bond donors (Lipinski definition) is 4. The third kappa shape index (κ3) is 4.20. The van der Waals surface area contributed by atoms with Crippen molar-refractivity contribution in [2.75, 3.05) is 19.8 Å². The van der Waals surface area contributed by atoms with E-state index in [9.17, 15) is 44.7 Å². The molecule has 0 saturated carbocycles. The van der Waals surface area contributed by atoms with E-state index < -0.39 is 77.8 Å². The van der Waals surface area contributed by atoms with Gasteiger partial charge in [-0.25, -0.2) is 4.79 Å². The van der Waals surface area contributed by atoms with Crippen LogP contribution >= 0.6 is 7.60 Å². The van der Waals surface area contributed by atoms with Crippen molar-refractivity contribution in [2.24, 2.45) is 0 Å². The summed E-state index contributed by atoms with van der Waals surface area (Å²) in [5.74, 6) is -5.25. The van der Waals surface area contributed by atoms with Crippen LogP contribution in [0, 0.1) is 10.1 Å². The summed E-state index contributed by atoms with van der Waals surface area (Å²) in [6.07, 6.45) is -6.40. The number of aliphatic hydroxyl groups is 3. The number of aliphatic carboxylic acids is 1. The van der Waals surface area contributed by atoms with Crippen molar-refractivity contribution in [1.29, 1.82) is 0 Å². The van der Waals surface area contributed by atoms with E-state index in [2.05, 4.69) is 15.4 Å². The van der Waals surface area contributed by atoms with Crippen LogP contribution < -0.4 is 5.56 Å². The molecule has 19 heteroatoms. The summed E-state index contributed by atoms with van der Waals surface area (Å²) in [7, 11) is -4.60. The molecule has 0 amide bonds. The summed E-state index contributed by atoms with van der Waals surface area (Å²) >= 11 is 0. The van der Waals surface area contributed by atoms with Crippen LogP contribution in [0.2, 0.25) is 0 Å². The molecule has 1 saturated heterocycles. The third-order valence-electron chi connectivity index (χ3n) is 4.82. The van der Waals surface area contributed by atoms with E-state index in [1.807, 2.05) is 0 Å². The maximum Gasteiger partial charge on any atom is 0.418 e. The zero-order chi connectivity index (χ0) is 25.4. The Morgan fingerprint density at radius 3 is 2.38 bits per heavy atom. The molecule has 5 atom stereocenters. The van der Waals surface area contributed by atoms with Crippen molar-refractivity contribution in [3.63, 3.8) is 0 Å². The fourth-order valence-electron chi connectivity index (χ4n) is 3.41. The highest BCUT2D eigenvalue weighted by Crippen LogP contribution is 2.59. The van der Waals surface area contributed by atoms with Crippen molar-refractivity contribution < 1.29 is 48.5 Å². The Morgan fingerprint density at radius 1 is 1.29 bits per heavy atom. The minimum atomic E-state index is -4.60. The predicted molar refractivity (Wildman–Crippen MR) is 107 cm³/mol. The molecule has 2 aromatic heterocycles. The summed E-state index contributed by atoms with van der Waals surface area (Å²) in [5.41, 5.74) is -2.86. The molecule has 4 N–H and O–H groups in total. The monoisotopic (exact) mass is 508 g/mol. The third-order valence-corrected chi connectivity index (χ3v) is 7.10. The number of carbonyl (C=O) groups is 1. The second kappa shape index (κ2) is 9.79. The lowest BCUT2D eigenvalue weighted by molar-refractivity contribution is -0.388. The van der Waals surface area contributed by atoms with E-state index >= 15 is 0 Å². The number of carboxylic acid groups (broad SMARTS) is 1. The highest BCUT2D eigenvalue weighted by molar-refractivity contribution is 7.55. The summed E-state index contributed by atoms with van der Waals surface area (Å²) in [6, 6.07) is 0. The number of carboxylic acids is 1. The van der Waals surface area contributed by atoms with Gasteiger partial charge >= 0.3 is 24.9 Å². The molecule has 0 aromatic carbocycles. The van der Waals surface area contributed by atoms with Gasteiger partial charge in [0.25, 0.3) is 5.78 Å². The van der Waals surface area contributed by atoms with Crippen molar-refractivity contribution in [1.82, 2.24) is 24.8 Å². The average Bonchev–Trinajstić information content (AvgIpc) is 3.27. The van der Waals surface area contributed by atoms with E-state index in [-0.39, 0.29) is 17.9 Å². The fourth-order valence-corrected chi connectivity index (χ4v) is 5.19. The van der Waals surface area contributed by atoms with E-state index in [1.54, 1.807) is 0 Å². The lowest BCUT2D eigenvalue weighted by Crippen LogP contribution is -2.37. The molecule has 34 heavy (non-hydrogen) atoms. The largest absolute Gasteiger partial charge is 0.479 e. The first-order valence-corrected chi connectivity index (χ1v) is 11.4. The molecule has 1 aliphatic rings. The number of aliphatic hydroxyl groups excluding tert-OH is 3. The van der Waals surface area contributed by atoms with Gasteiger partial charge in [0.2, 0.25) is 5.52 Å². The average molecular weight is 508 g/mol. The van der Waals surface area contributed by atoms with Gasteiger partial charge in [-0.1, -0.05) is 5.21 Å². The van der Waals surface area contributed by atoms with E-state index in [1.165, 1.54) is 13.8 Å². The summed E-state index contributed by atoms with van der Waals surface area (Å²) in [5, 5.41) is 61.3. The Hall–Kier alpha value is -2.86. The van der Waals surface area contributed by atoms with Gasteiger partial charge in [0.15, 0.2) is 11.7 Å². The molecular formula is C15H21N6O12P. The molecule has 0 radical (unpaired) electrons. The van der Waals surface area contributed by atoms with Crippen molar-refractivity contribution >= 4 is 30.4 Å². The molecule has 0 bridgehead atoms. The van der Waals surface area contributed by atoms with Crippen molar-refractivity contribution in [3.8, 4) is 0 Å². The molecule has 5 unspecified atom stereocenters. The van der Waals surface area contributed by atoms with Gasteiger partial charge in [0.05, 0.1) is 24.9 Å². The number of fused-ring (bicyclic) bond motifs is 1. The Labute approximate surface area is 188 Å². The zero-order valence-corrected chi connectivity index (χ0v) is 18.6. The van der Waals surface area contributed by atoms with Crippen LogP contribution in [0.1, 0.15) is 25.9 Å². The Kier molecular flexibility index (Phi) is 7.41. The summed E-state index contributed by atoms with van der Waals surface area (Å²) < 4.78 is 29.3. The van der Waals surface area contributed by atoms with Gasteiger partial charge in [-0.15, -0.1) is 9.78 Å². The Bertz CT molecular complexity index is 1190. The molecule has 3 heterocycles. The standard InChI is InChI=1S/C15H21N6O12P/c1-3-31-34(30,32-4-2)14(15(26)27)19-8-7(11(17-19)21(28)29)16-18-20(12(8)25)13-10(24)9(23)6(5-22)33-13/h6,9-10,13-14,22-24H,3-5H2,1-2H3,(H,26,27). The number of nitrogens with zero attached hydrogens (tertiary/aromatic N) is 6. The lowest BCUT2D eigenvalue weighted by Gasteiger charge is -2.22. The number of ether oxygens (including phenoxy) is 1. The van der Waals surface area contributed by atoms with E-state index in [4.69, 9.17) is 13.8 Å². The van der Waals surface area contributed by atoms with Crippen LogP contribution in [0.3, 0.4) is 0 Å². The normalized spacial score (nSPS) is 23.9. The molecule has 3 rings (SSSR count). The van der Waals surface area contributed by atoms with Gasteiger partial charge in [0, 0.05) is 0 Å². The van der Waals surface area contributed by atoms with Crippen LogP contribution in [-0.4, -0.2) is 94.2 Å². The van der Waals surface area contributed by atoms with E-state index in [0.717, 1.165) is 0 Å². The zero-order valence-electron chi connectivity index (χ0n) is 17.7. The maximum absolute atomic E-state index is 13.3. The minimum Gasteiger partial charge on any atom is -0.479 e. The summed E-state index contributed by atoms with van der Waals surface area (Å²) in [6.45, 7) is 1.53. The SMILES string of the molecule is CCOP(=O)(OCC)C(C(=O)O)n1nc([N+](=O)[O-])c2nnn(C3OC(CO)C(O)C3O)c(=O)c21. The molecule has 18 nitrogen and oxygen atoms in total. The molecule has 2 aromatic rings. The number of nitro groups is 1. The van der Waals surface area contributed by atoms with Gasteiger partial charge in [-0.3, -0.25) is 9.36 Å².